The van der Waals surface area contributed by atoms with E-state index >= 15 is 0 Å². The number of anilines is 1. The first-order valence-electron chi connectivity index (χ1n) is 5.43. The lowest BCUT2D eigenvalue weighted by Gasteiger charge is -2.23. The van der Waals surface area contributed by atoms with Crippen LogP contribution in [0.4, 0.5) is 14.5 Å². The number of rotatable bonds is 5. The third-order valence-corrected chi connectivity index (χ3v) is 2.90. The molecule has 1 aromatic carbocycles. The van der Waals surface area contributed by atoms with Crippen molar-refractivity contribution < 1.29 is 8.78 Å². The summed E-state index contributed by atoms with van der Waals surface area (Å²) in [7, 11) is 1.67. The molecule has 2 N–H and O–H groups in total. The summed E-state index contributed by atoms with van der Waals surface area (Å²) in [5, 5.41) is 0. The molecule has 1 rings (SSSR count). The number of nitrogens with zero attached hydrogens (tertiary/aromatic N) is 1. The van der Waals surface area contributed by atoms with E-state index in [1.54, 1.807) is 11.9 Å². The number of halogens is 3. The molecule has 1 unspecified atom stereocenters. The zero-order chi connectivity index (χ0) is 13.0. The number of alkyl halides is 2. The maximum atomic E-state index is 12.4. The molecule has 0 spiro atoms. The van der Waals surface area contributed by atoms with E-state index in [4.69, 9.17) is 5.73 Å². The van der Waals surface area contributed by atoms with E-state index in [0.29, 0.717) is 6.42 Å². The Morgan fingerprint density at radius 3 is 2.59 bits per heavy atom. The molecule has 0 saturated heterocycles. The zero-order valence-corrected chi connectivity index (χ0v) is 11.5. The van der Waals surface area contributed by atoms with Gasteiger partial charge in [-0.2, -0.15) is 0 Å². The van der Waals surface area contributed by atoms with Crippen LogP contribution in [0.2, 0.25) is 0 Å². The minimum atomic E-state index is -2.34. The first kappa shape index (κ1) is 14.4. The van der Waals surface area contributed by atoms with E-state index < -0.39 is 6.43 Å². The van der Waals surface area contributed by atoms with Gasteiger partial charge in [0.25, 0.3) is 6.43 Å². The molecule has 0 fully saturated rings. The first-order chi connectivity index (χ1) is 7.90. The van der Waals surface area contributed by atoms with Crippen molar-refractivity contribution in [1.29, 1.82) is 0 Å². The van der Waals surface area contributed by atoms with Crippen LogP contribution in [0, 0.1) is 0 Å². The predicted octanol–water partition coefficient (Wildman–Crippen LogP) is 3.04. The van der Waals surface area contributed by atoms with Crippen molar-refractivity contribution >= 4 is 21.6 Å². The predicted molar refractivity (Wildman–Crippen MR) is 70.8 cm³/mol. The maximum Gasteiger partial charge on any atom is 0.255 e. The fourth-order valence-corrected chi connectivity index (χ4v) is 2.15. The average Bonchev–Trinajstić information content (AvgIpc) is 2.15. The molecule has 0 aliphatic heterocycles. The van der Waals surface area contributed by atoms with E-state index in [1.807, 2.05) is 25.1 Å². The van der Waals surface area contributed by atoms with Gasteiger partial charge in [-0.15, -0.1) is 0 Å². The van der Waals surface area contributed by atoms with Gasteiger partial charge in [-0.1, -0.05) is 15.9 Å². The van der Waals surface area contributed by atoms with Crippen molar-refractivity contribution in [2.75, 3.05) is 18.5 Å². The molecular weight excluding hydrogens is 290 g/mol. The summed E-state index contributed by atoms with van der Waals surface area (Å²) in [5.41, 5.74) is 7.56. The molecule has 0 aliphatic carbocycles. The standard InChI is InChI=1S/C12H17BrF2N2/c1-8(16)5-9-6-10(13)3-4-11(9)17(2)7-12(14)15/h3-4,6,8,12H,5,7,16H2,1-2H3. The van der Waals surface area contributed by atoms with E-state index in [-0.39, 0.29) is 12.6 Å². The van der Waals surface area contributed by atoms with E-state index in [1.165, 1.54) is 0 Å². The molecule has 0 bridgehead atoms. The second-order valence-corrected chi connectivity index (χ2v) is 5.14. The molecule has 0 aromatic heterocycles. The summed E-state index contributed by atoms with van der Waals surface area (Å²) >= 11 is 3.38. The van der Waals surface area contributed by atoms with Gasteiger partial charge >= 0.3 is 0 Å². The highest BCUT2D eigenvalue weighted by atomic mass is 79.9. The fourth-order valence-electron chi connectivity index (χ4n) is 1.74. The molecule has 1 aromatic rings. The summed E-state index contributed by atoms with van der Waals surface area (Å²) in [4.78, 5) is 1.56. The second-order valence-electron chi connectivity index (χ2n) is 4.23. The van der Waals surface area contributed by atoms with Crippen molar-refractivity contribution in [3.8, 4) is 0 Å². The van der Waals surface area contributed by atoms with Crippen molar-refractivity contribution in [3.05, 3.63) is 28.2 Å². The van der Waals surface area contributed by atoms with Crippen LogP contribution in [-0.2, 0) is 6.42 Å². The highest BCUT2D eigenvalue weighted by Gasteiger charge is 2.13. The van der Waals surface area contributed by atoms with E-state index in [0.717, 1.165) is 15.7 Å². The number of hydrogen-bond donors (Lipinski definition) is 1. The number of hydrogen-bond acceptors (Lipinski definition) is 2. The fraction of sp³-hybridized carbons (Fsp3) is 0.500. The molecule has 5 heteroatoms. The van der Waals surface area contributed by atoms with Gasteiger partial charge in [-0.3, -0.25) is 0 Å². The Labute approximate surface area is 109 Å². The maximum absolute atomic E-state index is 12.4. The van der Waals surface area contributed by atoms with Gasteiger partial charge in [0.05, 0.1) is 6.54 Å². The molecule has 0 saturated carbocycles. The molecule has 0 amide bonds. The second kappa shape index (κ2) is 6.31. The van der Waals surface area contributed by atoms with Crippen LogP contribution in [0.1, 0.15) is 12.5 Å². The summed E-state index contributed by atoms with van der Waals surface area (Å²) in [5.74, 6) is 0. The Morgan fingerprint density at radius 1 is 1.41 bits per heavy atom. The summed E-state index contributed by atoms with van der Waals surface area (Å²) in [6, 6.07) is 5.62. The molecule has 0 aliphatic rings. The van der Waals surface area contributed by atoms with Crippen LogP contribution in [0.15, 0.2) is 22.7 Å². The Morgan fingerprint density at radius 2 is 2.06 bits per heavy atom. The Balaban J connectivity index is 2.96. The van der Waals surface area contributed by atoms with Gasteiger partial charge in [0, 0.05) is 23.2 Å². The van der Waals surface area contributed by atoms with Crippen LogP contribution in [0.3, 0.4) is 0 Å². The van der Waals surface area contributed by atoms with Gasteiger partial charge < -0.3 is 10.6 Å². The molecular formula is C12H17BrF2N2. The topological polar surface area (TPSA) is 29.3 Å². The van der Waals surface area contributed by atoms with Crippen LogP contribution in [0.5, 0.6) is 0 Å². The third-order valence-electron chi connectivity index (χ3n) is 2.41. The van der Waals surface area contributed by atoms with E-state index in [2.05, 4.69) is 15.9 Å². The van der Waals surface area contributed by atoms with Gasteiger partial charge in [-0.05, 0) is 37.1 Å². The van der Waals surface area contributed by atoms with Crippen LogP contribution in [0.25, 0.3) is 0 Å². The normalized spacial score (nSPS) is 12.9. The largest absolute Gasteiger partial charge is 0.369 e. The van der Waals surface area contributed by atoms with Gasteiger partial charge in [0.15, 0.2) is 0 Å². The smallest absolute Gasteiger partial charge is 0.255 e. The number of benzene rings is 1. The minimum Gasteiger partial charge on any atom is -0.369 e. The number of nitrogens with two attached hydrogens (primary N) is 1. The highest BCUT2D eigenvalue weighted by Crippen LogP contribution is 2.25. The molecule has 0 heterocycles. The van der Waals surface area contributed by atoms with Gasteiger partial charge in [0.1, 0.15) is 0 Å². The average molecular weight is 307 g/mol. The molecule has 1 atom stereocenters. The molecule has 17 heavy (non-hydrogen) atoms. The summed E-state index contributed by atoms with van der Waals surface area (Å²) in [6.07, 6.45) is -1.67. The van der Waals surface area contributed by atoms with E-state index in [9.17, 15) is 8.78 Å². The van der Waals surface area contributed by atoms with Crippen molar-refractivity contribution in [1.82, 2.24) is 0 Å². The summed E-state index contributed by atoms with van der Waals surface area (Å²) < 4.78 is 25.7. The quantitative estimate of drug-likeness (QED) is 0.906. The monoisotopic (exact) mass is 306 g/mol. The van der Waals surface area contributed by atoms with Crippen LogP contribution >= 0.6 is 15.9 Å². The highest BCUT2D eigenvalue weighted by molar-refractivity contribution is 9.10. The Bertz CT molecular complexity index is 370. The van der Waals surface area contributed by atoms with Gasteiger partial charge in [0.2, 0.25) is 0 Å². The van der Waals surface area contributed by atoms with Crippen molar-refractivity contribution in [2.45, 2.75) is 25.8 Å². The molecule has 0 radical (unpaired) electrons. The van der Waals surface area contributed by atoms with Gasteiger partial charge in [-0.25, -0.2) is 8.78 Å². The lowest BCUT2D eigenvalue weighted by Crippen LogP contribution is -2.26. The Hall–Kier alpha value is -0.680. The first-order valence-corrected chi connectivity index (χ1v) is 6.22. The zero-order valence-electron chi connectivity index (χ0n) is 9.96. The minimum absolute atomic E-state index is 0.00278. The summed E-state index contributed by atoms with van der Waals surface area (Å²) in [6.45, 7) is 1.63. The van der Waals surface area contributed by atoms with Crippen molar-refractivity contribution in [2.24, 2.45) is 5.73 Å². The Kier molecular flexibility index (Phi) is 5.33. The van der Waals surface area contributed by atoms with Crippen LogP contribution in [-0.4, -0.2) is 26.1 Å². The van der Waals surface area contributed by atoms with Crippen LogP contribution < -0.4 is 10.6 Å². The lowest BCUT2D eigenvalue weighted by atomic mass is 10.0. The third kappa shape index (κ3) is 4.60. The van der Waals surface area contributed by atoms with Crippen molar-refractivity contribution in [3.63, 3.8) is 0 Å². The molecule has 96 valence electrons. The lowest BCUT2D eigenvalue weighted by molar-refractivity contribution is 0.156. The SMILES string of the molecule is CC(N)Cc1cc(Br)ccc1N(C)CC(F)F. The molecule has 2 nitrogen and oxygen atoms in total.